The van der Waals surface area contributed by atoms with Crippen molar-refractivity contribution >= 4 is 49.8 Å². The minimum absolute atomic E-state index is 0.490. The molecule has 0 fully saturated rings. The van der Waals surface area contributed by atoms with E-state index >= 15 is 0 Å². The SMILES string of the molecule is c1ccc(C2(c3ccccc3)c3ccccc3-c3c(-c4cccc(N(c5ccc(-c6ccc(-c7ccc8ccccc8c7)cc6)cc5)c5cccc(-c6cccc7oc8ccccc8c67)c5)c4)cccc32)cc1. The number of hydrogen-bond donors (Lipinski definition) is 0. The summed E-state index contributed by atoms with van der Waals surface area (Å²) in [6, 6.07) is 104. The Hall–Kier alpha value is -9.50. The molecule has 0 radical (unpaired) electrons. The predicted octanol–water partition coefficient (Wildman–Crippen LogP) is 19.2. The van der Waals surface area contributed by atoms with E-state index in [0.29, 0.717) is 0 Å². The molecule has 0 N–H and O–H groups in total. The van der Waals surface area contributed by atoms with Gasteiger partial charge in [-0.25, -0.2) is 0 Å². The monoisotopic (exact) mass is 929 g/mol. The number of fused-ring (bicyclic) bond motifs is 7. The van der Waals surface area contributed by atoms with Gasteiger partial charge in [0.2, 0.25) is 0 Å². The van der Waals surface area contributed by atoms with Crippen molar-refractivity contribution in [2.45, 2.75) is 5.41 Å². The van der Waals surface area contributed by atoms with Crippen LogP contribution in [0, 0.1) is 0 Å². The van der Waals surface area contributed by atoms with E-state index in [4.69, 9.17) is 4.42 Å². The van der Waals surface area contributed by atoms with Crippen molar-refractivity contribution in [3.8, 4) is 55.6 Å². The van der Waals surface area contributed by atoms with Crippen LogP contribution in [0.15, 0.2) is 290 Å². The largest absolute Gasteiger partial charge is 0.456 e. The first kappa shape index (κ1) is 42.4. The summed E-state index contributed by atoms with van der Waals surface area (Å²) in [5.74, 6) is 0. The number of benzene rings is 12. The maximum atomic E-state index is 6.38. The maximum absolute atomic E-state index is 6.38. The van der Waals surface area contributed by atoms with Crippen molar-refractivity contribution < 1.29 is 4.42 Å². The maximum Gasteiger partial charge on any atom is 0.136 e. The summed E-state index contributed by atoms with van der Waals surface area (Å²) >= 11 is 0. The number of rotatable bonds is 9. The van der Waals surface area contributed by atoms with Crippen molar-refractivity contribution in [3.05, 3.63) is 307 Å². The molecule has 1 aromatic heterocycles. The van der Waals surface area contributed by atoms with E-state index in [1.165, 1.54) is 66.4 Å². The summed E-state index contributed by atoms with van der Waals surface area (Å²) in [5, 5.41) is 4.74. The zero-order chi connectivity index (χ0) is 48.3. The van der Waals surface area contributed by atoms with Gasteiger partial charge in [-0.05, 0) is 143 Å². The summed E-state index contributed by atoms with van der Waals surface area (Å²) in [5.41, 5.74) is 21.5. The first-order valence-corrected chi connectivity index (χ1v) is 25.1. The van der Waals surface area contributed by atoms with Gasteiger partial charge in [-0.3, -0.25) is 0 Å². The lowest BCUT2D eigenvalue weighted by atomic mass is 9.67. The van der Waals surface area contributed by atoms with Crippen LogP contribution < -0.4 is 4.90 Å². The Bertz CT molecular complexity index is 4150. The second-order valence-corrected chi connectivity index (χ2v) is 19.2. The summed E-state index contributed by atoms with van der Waals surface area (Å²) in [7, 11) is 0. The molecule has 1 heterocycles. The van der Waals surface area contributed by atoms with Gasteiger partial charge in [-0.1, -0.05) is 231 Å². The number of anilines is 3. The second kappa shape index (κ2) is 17.4. The van der Waals surface area contributed by atoms with E-state index in [1.807, 2.05) is 6.07 Å². The Morgan fingerprint density at radius 2 is 0.795 bits per heavy atom. The Morgan fingerprint density at radius 3 is 1.52 bits per heavy atom. The van der Waals surface area contributed by atoms with Crippen molar-refractivity contribution in [2.24, 2.45) is 0 Å². The molecule has 0 unspecified atom stereocenters. The predicted molar refractivity (Wildman–Crippen MR) is 305 cm³/mol. The minimum atomic E-state index is -0.490. The van der Waals surface area contributed by atoms with E-state index in [-0.39, 0.29) is 0 Å². The highest BCUT2D eigenvalue weighted by molar-refractivity contribution is 6.12. The lowest BCUT2D eigenvalue weighted by molar-refractivity contribution is 0.669. The van der Waals surface area contributed by atoms with E-state index in [0.717, 1.165) is 61.3 Å². The smallest absolute Gasteiger partial charge is 0.136 e. The van der Waals surface area contributed by atoms with Crippen LogP contribution in [0.5, 0.6) is 0 Å². The van der Waals surface area contributed by atoms with Crippen molar-refractivity contribution in [1.82, 2.24) is 0 Å². The fourth-order valence-electron chi connectivity index (χ4n) is 11.8. The zero-order valence-corrected chi connectivity index (χ0v) is 40.0. The van der Waals surface area contributed by atoms with E-state index in [1.54, 1.807) is 0 Å². The molecular weight excluding hydrogens is 883 g/mol. The number of furan rings is 1. The molecular formula is C71H47NO. The fraction of sp³-hybridized carbons (Fsp3) is 0.0141. The van der Waals surface area contributed by atoms with E-state index in [9.17, 15) is 0 Å². The molecule has 2 heteroatoms. The molecule has 0 aliphatic heterocycles. The highest BCUT2D eigenvalue weighted by Crippen LogP contribution is 2.58. The lowest BCUT2D eigenvalue weighted by Gasteiger charge is -2.34. The third-order valence-electron chi connectivity index (χ3n) is 15.1. The van der Waals surface area contributed by atoms with Crippen LogP contribution >= 0.6 is 0 Å². The molecule has 13 aromatic rings. The highest BCUT2D eigenvalue weighted by Gasteiger charge is 2.46. The molecule has 342 valence electrons. The average Bonchev–Trinajstić information content (AvgIpc) is 4.03. The van der Waals surface area contributed by atoms with Gasteiger partial charge >= 0.3 is 0 Å². The topological polar surface area (TPSA) is 16.4 Å². The molecule has 1 aliphatic carbocycles. The Balaban J connectivity index is 0.905. The van der Waals surface area contributed by atoms with Gasteiger partial charge < -0.3 is 9.32 Å². The lowest BCUT2D eigenvalue weighted by Crippen LogP contribution is -2.28. The van der Waals surface area contributed by atoms with Crippen LogP contribution in [0.1, 0.15) is 22.3 Å². The van der Waals surface area contributed by atoms with Gasteiger partial charge in [-0.2, -0.15) is 0 Å². The first-order chi connectivity index (χ1) is 36.2. The summed E-state index contributed by atoms with van der Waals surface area (Å²) in [4.78, 5) is 2.41. The Morgan fingerprint density at radius 1 is 0.288 bits per heavy atom. The van der Waals surface area contributed by atoms with Crippen molar-refractivity contribution in [3.63, 3.8) is 0 Å². The molecule has 73 heavy (non-hydrogen) atoms. The van der Waals surface area contributed by atoms with Gasteiger partial charge in [0.1, 0.15) is 11.2 Å². The molecule has 0 bridgehead atoms. The Labute approximate surface area is 425 Å². The molecule has 1 aliphatic rings. The molecule has 0 spiro atoms. The molecule has 12 aromatic carbocycles. The van der Waals surface area contributed by atoms with E-state index in [2.05, 4.69) is 284 Å². The van der Waals surface area contributed by atoms with Crippen molar-refractivity contribution in [1.29, 1.82) is 0 Å². The van der Waals surface area contributed by atoms with Crippen LogP contribution in [-0.2, 0) is 5.41 Å². The van der Waals surface area contributed by atoms with Gasteiger partial charge in [0.25, 0.3) is 0 Å². The summed E-state index contributed by atoms with van der Waals surface area (Å²) in [6.45, 7) is 0. The molecule has 0 saturated heterocycles. The number of nitrogens with zero attached hydrogens (tertiary/aromatic N) is 1. The average molecular weight is 930 g/mol. The van der Waals surface area contributed by atoms with Crippen LogP contribution in [0.4, 0.5) is 17.1 Å². The van der Waals surface area contributed by atoms with Crippen molar-refractivity contribution in [2.75, 3.05) is 4.90 Å². The quantitative estimate of drug-likeness (QED) is 0.143. The standard InChI is InChI=1S/C71H47NO/c1-3-21-56(22-4-1)71(57-23-5-2-6-24-57)65-31-11-9-27-63(65)69-61(29-15-32-66(69)71)54-19-13-25-59(46-54)72(60-26-14-20-55(47-60)62-30-16-34-68-70(62)64-28-10-12-33-67(64)73-68)58-43-41-50(42-44-58)49-35-37-51(38-36-49)53-40-39-48-17-7-8-18-52(48)45-53/h1-47H. The molecule has 0 atom stereocenters. The zero-order valence-electron chi connectivity index (χ0n) is 40.0. The van der Waals surface area contributed by atoms with Crippen LogP contribution in [0.3, 0.4) is 0 Å². The van der Waals surface area contributed by atoms with Gasteiger partial charge in [-0.15, -0.1) is 0 Å². The number of hydrogen-bond acceptors (Lipinski definition) is 2. The third kappa shape index (κ3) is 7.02. The van der Waals surface area contributed by atoms with Gasteiger partial charge in [0, 0.05) is 27.8 Å². The van der Waals surface area contributed by atoms with Crippen LogP contribution in [0.25, 0.3) is 88.3 Å². The fourth-order valence-corrected chi connectivity index (χ4v) is 11.8. The highest BCUT2D eigenvalue weighted by atomic mass is 16.3. The first-order valence-electron chi connectivity index (χ1n) is 25.1. The van der Waals surface area contributed by atoms with Crippen LogP contribution in [-0.4, -0.2) is 0 Å². The van der Waals surface area contributed by atoms with Crippen LogP contribution in [0.2, 0.25) is 0 Å². The molecule has 0 amide bonds. The second-order valence-electron chi connectivity index (χ2n) is 19.2. The molecule has 14 rings (SSSR count). The van der Waals surface area contributed by atoms with Gasteiger partial charge in [0.15, 0.2) is 0 Å². The summed E-state index contributed by atoms with van der Waals surface area (Å²) < 4.78 is 6.38. The van der Waals surface area contributed by atoms with Gasteiger partial charge in [0.05, 0.1) is 5.41 Å². The van der Waals surface area contributed by atoms with E-state index < -0.39 is 5.41 Å². The number of para-hydroxylation sites is 1. The minimum Gasteiger partial charge on any atom is -0.456 e. The summed E-state index contributed by atoms with van der Waals surface area (Å²) in [6.07, 6.45) is 0. The third-order valence-corrected chi connectivity index (χ3v) is 15.1. The Kier molecular flexibility index (Phi) is 10.1. The molecule has 0 saturated carbocycles. The normalized spacial score (nSPS) is 12.5. The molecule has 2 nitrogen and oxygen atoms in total.